The molecule has 1 aromatic carbocycles. The van der Waals surface area contributed by atoms with Crippen LogP contribution in [0.1, 0.15) is 11.3 Å². The number of nitrogens with zero attached hydrogens (tertiary/aromatic N) is 3. The first kappa shape index (κ1) is 19.2. The first-order valence-corrected chi connectivity index (χ1v) is 6.88. The molecule has 1 heterocycles. The van der Waals surface area contributed by atoms with E-state index in [0.29, 0.717) is 19.0 Å². The van der Waals surface area contributed by atoms with E-state index in [4.69, 9.17) is 4.74 Å². The third kappa shape index (κ3) is 5.38. The number of hydrogen-bond donors (Lipinski definition) is 2. The van der Waals surface area contributed by atoms with Crippen molar-refractivity contribution in [3.05, 3.63) is 47.5 Å². The van der Waals surface area contributed by atoms with E-state index in [1.54, 1.807) is 24.0 Å². The quantitative estimate of drug-likeness (QED) is 0.431. The van der Waals surface area contributed by atoms with Crippen LogP contribution < -0.4 is 15.4 Å². The van der Waals surface area contributed by atoms with Crippen molar-refractivity contribution in [1.29, 1.82) is 0 Å². The molecule has 0 unspecified atom stereocenters. The van der Waals surface area contributed by atoms with Gasteiger partial charge in [-0.2, -0.15) is 5.10 Å². The van der Waals surface area contributed by atoms with Gasteiger partial charge in [-0.1, -0.05) is 6.07 Å². The van der Waals surface area contributed by atoms with Crippen molar-refractivity contribution < 1.29 is 9.13 Å². The summed E-state index contributed by atoms with van der Waals surface area (Å²) in [7, 11) is 5.01. The van der Waals surface area contributed by atoms with Gasteiger partial charge in [0.1, 0.15) is 0 Å². The summed E-state index contributed by atoms with van der Waals surface area (Å²) in [6.07, 6.45) is 1.74. The van der Waals surface area contributed by atoms with E-state index in [2.05, 4.69) is 20.7 Å². The van der Waals surface area contributed by atoms with Crippen LogP contribution in [0.25, 0.3) is 0 Å². The maximum Gasteiger partial charge on any atom is 0.191 e. The summed E-state index contributed by atoms with van der Waals surface area (Å²) in [6.45, 7) is 1.07. The fourth-order valence-electron chi connectivity index (χ4n) is 1.98. The van der Waals surface area contributed by atoms with Crippen molar-refractivity contribution >= 4 is 29.9 Å². The predicted octanol–water partition coefficient (Wildman–Crippen LogP) is 2.05. The smallest absolute Gasteiger partial charge is 0.191 e. The van der Waals surface area contributed by atoms with E-state index < -0.39 is 0 Å². The minimum absolute atomic E-state index is 0. The number of halogens is 2. The molecular weight excluding hydrogens is 412 g/mol. The van der Waals surface area contributed by atoms with Gasteiger partial charge in [0.15, 0.2) is 17.5 Å². The second kappa shape index (κ2) is 9.33. The molecule has 23 heavy (non-hydrogen) atoms. The molecule has 0 aliphatic rings. The van der Waals surface area contributed by atoms with Crippen LogP contribution in [0.2, 0.25) is 0 Å². The molecule has 6 nitrogen and oxygen atoms in total. The fourth-order valence-corrected chi connectivity index (χ4v) is 1.98. The number of benzene rings is 1. The van der Waals surface area contributed by atoms with Gasteiger partial charge in [0.2, 0.25) is 0 Å². The number of guanidine groups is 1. The largest absolute Gasteiger partial charge is 0.494 e. The van der Waals surface area contributed by atoms with Crippen LogP contribution in [0.4, 0.5) is 4.39 Å². The zero-order chi connectivity index (χ0) is 15.9. The molecule has 0 bridgehead atoms. The number of methoxy groups -OCH3 is 1. The van der Waals surface area contributed by atoms with Crippen LogP contribution in [0.15, 0.2) is 35.5 Å². The minimum Gasteiger partial charge on any atom is -0.494 e. The zero-order valence-corrected chi connectivity index (χ0v) is 15.7. The molecule has 2 rings (SSSR count). The lowest BCUT2D eigenvalue weighted by Crippen LogP contribution is -2.36. The molecule has 0 amide bonds. The van der Waals surface area contributed by atoms with Crippen LogP contribution in [0.5, 0.6) is 5.75 Å². The maximum atomic E-state index is 13.6. The van der Waals surface area contributed by atoms with Crippen LogP contribution >= 0.6 is 24.0 Å². The molecule has 0 radical (unpaired) electrons. The first-order valence-electron chi connectivity index (χ1n) is 6.88. The Bertz CT molecular complexity index is 659. The van der Waals surface area contributed by atoms with E-state index in [-0.39, 0.29) is 35.5 Å². The van der Waals surface area contributed by atoms with Gasteiger partial charge in [-0.25, -0.2) is 4.39 Å². The summed E-state index contributed by atoms with van der Waals surface area (Å²) in [5.74, 6) is 0.500. The SMILES string of the molecule is CN=C(NCc1ccc(OC)c(F)c1)NCc1ccnn1C.I. The van der Waals surface area contributed by atoms with E-state index in [1.165, 1.54) is 13.2 Å². The Hall–Kier alpha value is -1.84. The molecule has 1 aromatic heterocycles. The molecule has 2 aromatic rings. The Morgan fingerprint density at radius 2 is 2.04 bits per heavy atom. The highest BCUT2D eigenvalue weighted by Gasteiger charge is 2.05. The number of hydrogen-bond acceptors (Lipinski definition) is 3. The maximum absolute atomic E-state index is 13.6. The van der Waals surface area contributed by atoms with Gasteiger partial charge in [0.05, 0.1) is 19.3 Å². The highest BCUT2D eigenvalue weighted by Crippen LogP contribution is 2.17. The van der Waals surface area contributed by atoms with Gasteiger partial charge >= 0.3 is 0 Å². The second-order valence-electron chi connectivity index (χ2n) is 4.69. The van der Waals surface area contributed by atoms with Gasteiger partial charge in [0, 0.05) is 26.8 Å². The Kier molecular flexibility index (Phi) is 7.79. The molecule has 0 saturated heterocycles. The predicted molar refractivity (Wildman–Crippen MR) is 98.6 cm³/mol. The number of rotatable bonds is 5. The van der Waals surface area contributed by atoms with Gasteiger partial charge in [-0.15, -0.1) is 24.0 Å². The molecule has 126 valence electrons. The summed E-state index contributed by atoms with van der Waals surface area (Å²) in [5, 5.41) is 10.4. The van der Waals surface area contributed by atoms with Crippen LogP contribution in [-0.4, -0.2) is 29.9 Å². The Morgan fingerprint density at radius 1 is 1.30 bits per heavy atom. The van der Waals surface area contributed by atoms with Gasteiger partial charge < -0.3 is 15.4 Å². The number of aliphatic imine (C=N–C) groups is 1. The molecule has 0 saturated carbocycles. The van der Waals surface area contributed by atoms with Crippen molar-refractivity contribution in [2.75, 3.05) is 14.2 Å². The van der Waals surface area contributed by atoms with E-state index in [0.717, 1.165) is 11.3 Å². The average molecular weight is 433 g/mol. The fraction of sp³-hybridized carbons (Fsp3) is 0.333. The molecule has 2 N–H and O–H groups in total. The molecule has 0 aliphatic heterocycles. The zero-order valence-electron chi connectivity index (χ0n) is 13.3. The van der Waals surface area contributed by atoms with Crippen molar-refractivity contribution in [3.8, 4) is 5.75 Å². The highest BCUT2D eigenvalue weighted by molar-refractivity contribution is 14.0. The Labute approximate surface area is 152 Å². The topological polar surface area (TPSA) is 63.5 Å². The molecule has 0 fully saturated rings. The number of ether oxygens (including phenoxy) is 1. The lowest BCUT2D eigenvalue weighted by atomic mass is 10.2. The summed E-state index contributed by atoms with van der Waals surface area (Å²) in [4.78, 5) is 4.13. The first-order chi connectivity index (χ1) is 10.6. The highest BCUT2D eigenvalue weighted by atomic mass is 127. The van der Waals surface area contributed by atoms with Crippen LogP contribution in [-0.2, 0) is 20.1 Å². The lowest BCUT2D eigenvalue weighted by Gasteiger charge is -2.12. The van der Waals surface area contributed by atoms with Crippen LogP contribution in [0.3, 0.4) is 0 Å². The summed E-state index contributed by atoms with van der Waals surface area (Å²) in [5.41, 5.74) is 1.85. The summed E-state index contributed by atoms with van der Waals surface area (Å²) >= 11 is 0. The van der Waals surface area contributed by atoms with E-state index in [1.807, 2.05) is 19.2 Å². The monoisotopic (exact) mass is 433 g/mol. The molecule has 0 spiro atoms. The summed E-state index contributed by atoms with van der Waals surface area (Å²) in [6, 6.07) is 6.79. The van der Waals surface area contributed by atoms with Gasteiger partial charge in [-0.05, 0) is 23.8 Å². The molecule has 8 heteroatoms. The van der Waals surface area contributed by atoms with Gasteiger partial charge in [-0.3, -0.25) is 9.67 Å². The Balaban J connectivity index is 0.00000264. The Morgan fingerprint density at radius 3 is 2.61 bits per heavy atom. The number of nitrogens with one attached hydrogen (secondary N) is 2. The minimum atomic E-state index is -0.375. The van der Waals surface area contributed by atoms with Crippen molar-refractivity contribution in [3.63, 3.8) is 0 Å². The molecular formula is C15H21FIN5O. The standard InChI is InChI=1S/C15H20FN5O.HI/c1-17-15(19-10-12-6-7-20-21(12)2)18-9-11-4-5-14(22-3)13(16)8-11;/h4-8H,9-10H2,1-3H3,(H2,17,18,19);1H. The molecule has 0 aliphatic carbocycles. The van der Waals surface area contributed by atoms with Crippen molar-refractivity contribution in [2.24, 2.45) is 12.0 Å². The lowest BCUT2D eigenvalue weighted by molar-refractivity contribution is 0.386. The average Bonchev–Trinajstić information content (AvgIpc) is 2.93. The molecule has 0 atom stereocenters. The summed E-state index contributed by atoms with van der Waals surface area (Å²) < 4.78 is 20.3. The van der Waals surface area contributed by atoms with Crippen molar-refractivity contribution in [1.82, 2.24) is 20.4 Å². The van der Waals surface area contributed by atoms with Gasteiger partial charge in [0.25, 0.3) is 0 Å². The van der Waals surface area contributed by atoms with Crippen LogP contribution in [0, 0.1) is 5.82 Å². The third-order valence-corrected chi connectivity index (χ3v) is 3.26. The number of aryl methyl sites for hydroxylation is 1. The van der Waals surface area contributed by atoms with E-state index in [9.17, 15) is 4.39 Å². The van der Waals surface area contributed by atoms with E-state index >= 15 is 0 Å². The van der Waals surface area contributed by atoms with Crippen molar-refractivity contribution in [2.45, 2.75) is 13.1 Å². The normalized spacial score (nSPS) is 10.9. The number of aromatic nitrogens is 2. The third-order valence-electron chi connectivity index (χ3n) is 3.26. The second-order valence-corrected chi connectivity index (χ2v) is 4.69.